The first kappa shape index (κ1) is 29.3. The van der Waals surface area contributed by atoms with Crippen molar-refractivity contribution in [2.45, 2.75) is 6.42 Å². The minimum Gasteiger partial charge on any atom is -1.00 e. The van der Waals surface area contributed by atoms with Crippen LogP contribution in [0, 0.1) is 12.5 Å². The van der Waals surface area contributed by atoms with Gasteiger partial charge in [0.05, 0.1) is 0 Å². The summed E-state index contributed by atoms with van der Waals surface area (Å²) >= 11 is 0. The Morgan fingerprint density at radius 3 is 2.05 bits per heavy atom. The Hall–Kier alpha value is 1.32. The van der Waals surface area contributed by atoms with Crippen LogP contribution in [0.25, 0.3) is 0 Å². The number of rotatable bonds is 3. The molecule has 1 aliphatic carbocycles. The molecule has 1 aliphatic rings. The van der Waals surface area contributed by atoms with E-state index >= 15 is 0 Å². The van der Waals surface area contributed by atoms with E-state index in [1.807, 2.05) is 12.2 Å². The fourth-order valence-corrected chi connectivity index (χ4v) is 1.79. The van der Waals surface area contributed by atoms with Gasteiger partial charge in [0, 0.05) is 0 Å². The summed E-state index contributed by atoms with van der Waals surface area (Å²) in [4.78, 5) is 0. The zero-order valence-electron chi connectivity index (χ0n) is 11.7. The van der Waals surface area contributed by atoms with E-state index in [0.29, 0.717) is 0 Å². The van der Waals surface area contributed by atoms with Crippen LogP contribution >= 0.6 is 7.92 Å². The molecule has 0 nitrogen and oxygen atoms in total. The van der Waals surface area contributed by atoms with E-state index in [1.165, 1.54) is 11.7 Å². The zero-order valence-corrected chi connectivity index (χ0v) is 19.8. The summed E-state index contributed by atoms with van der Waals surface area (Å²) in [7, 11) is 0.220. The minimum atomic E-state index is 0. The maximum atomic E-state index is 2.99. The summed E-state index contributed by atoms with van der Waals surface area (Å²) in [6, 6.07) is 10.5. The third-order valence-electron chi connectivity index (χ3n) is 2.08. The summed E-state index contributed by atoms with van der Waals surface area (Å²) in [5.74, 6) is 0. The first-order valence-electron chi connectivity index (χ1n) is 5.54. The Morgan fingerprint density at radius 2 is 1.70 bits per heavy atom. The van der Waals surface area contributed by atoms with Crippen molar-refractivity contribution in [2.24, 2.45) is 0 Å². The summed E-state index contributed by atoms with van der Waals surface area (Å²) < 4.78 is 0. The van der Waals surface area contributed by atoms with Gasteiger partial charge in [-0.1, -0.05) is 12.2 Å². The van der Waals surface area contributed by atoms with Crippen LogP contribution in [-0.2, 0) is 26.2 Å². The van der Waals surface area contributed by atoms with E-state index in [2.05, 4.69) is 62.2 Å². The van der Waals surface area contributed by atoms with E-state index in [9.17, 15) is 0 Å². The normalized spacial score (nSPS) is 9.95. The van der Waals surface area contributed by atoms with Crippen LogP contribution in [0.1, 0.15) is 12.0 Å². The monoisotopic (exact) mass is 557 g/mol. The van der Waals surface area contributed by atoms with Crippen LogP contribution in [-0.4, -0.2) is 19.5 Å². The molecular formula is C15H19Br3PZr-2. The van der Waals surface area contributed by atoms with Crippen molar-refractivity contribution in [1.29, 1.82) is 0 Å². The Kier molecular flexibility index (Phi) is 29.8. The van der Waals surface area contributed by atoms with Crippen LogP contribution in [0.5, 0.6) is 0 Å². The maximum Gasteiger partial charge on any atom is 3.00 e. The quantitative estimate of drug-likeness (QED) is 0.258. The Labute approximate surface area is 176 Å². The predicted molar refractivity (Wildman–Crippen MR) is 75.0 cm³/mol. The van der Waals surface area contributed by atoms with E-state index in [1.54, 1.807) is 0 Å². The van der Waals surface area contributed by atoms with Gasteiger partial charge in [0.2, 0.25) is 0 Å². The van der Waals surface area contributed by atoms with Crippen molar-refractivity contribution >= 4 is 7.92 Å². The molecular weight excluding hydrogens is 542 g/mol. The van der Waals surface area contributed by atoms with Crippen molar-refractivity contribution in [3.63, 3.8) is 0 Å². The molecule has 0 atom stereocenters. The van der Waals surface area contributed by atoms with Crippen molar-refractivity contribution < 1.29 is 77.1 Å². The summed E-state index contributed by atoms with van der Waals surface area (Å²) in [6.45, 7) is 4.60. The average Bonchev–Trinajstić information content (AvgIpc) is 2.86. The van der Waals surface area contributed by atoms with Crippen LogP contribution < -0.4 is 50.9 Å². The summed E-state index contributed by atoms with van der Waals surface area (Å²) in [5.41, 5.74) is 1.35. The topological polar surface area (TPSA) is 0 Å². The SMILES string of the molecule is CP(C)C[CH-]c1ccccc1.[Br-].[Br-].[Br-].[C-]1=CC=CC1.[Zr+3]. The van der Waals surface area contributed by atoms with Crippen molar-refractivity contribution in [3.05, 3.63) is 66.6 Å². The van der Waals surface area contributed by atoms with Gasteiger partial charge in [0.25, 0.3) is 0 Å². The molecule has 1 aromatic carbocycles. The van der Waals surface area contributed by atoms with Crippen molar-refractivity contribution in [3.8, 4) is 0 Å². The van der Waals surface area contributed by atoms with E-state index in [4.69, 9.17) is 0 Å². The van der Waals surface area contributed by atoms with E-state index < -0.39 is 0 Å². The molecule has 5 heteroatoms. The number of hydrogen-bond donors (Lipinski definition) is 0. The Balaban J connectivity index is -0.000000124. The molecule has 2 rings (SSSR count). The van der Waals surface area contributed by atoms with Crippen LogP contribution in [0.2, 0.25) is 0 Å². The molecule has 1 radical (unpaired) electrons. The largest absolute Gasteiger partial charge is 3.00 e. The predicted octanol–water partition coefficient (Wildman–Crippen LogP) is -4.70. The zero-order chi connectivity index (χ0) is 11.6. The third kappa shape index (κ3) is 17.4. The maximum absolute atomic E-state index is 2.99. The summed E-state index contributed by atoms with van der Waals surface area (Å²) in [5, 5.41) is 0. The molecule has 0 N–H and O–H groups in total. The molecule has 0 unspecified atom stereocenters. The molecule has 111 valence electrons. The van der Waals surface area contributed by atoms with Gasteiger partial charge in [-0.25, -0.2) is 12.2 Å². The molecule has 0 spiro atoms. The second kappa shape index (κ2) is 20.3. The molecule has 0 fully saturated rings. The Bertz CT molecular complexity index is 330. The molecule has 0 aliphatic heterocycles. The van der Waals surface area contributed by atoms with Gasteiger partial charge >= 0.3 is 26.2 Å². The molecule has 0 saturated carbocycles. The fraction of sp³-hybridized carbons (Fsp3) is 0.267. The van der Waals surface area contributed by atoms with Gasteiger partial charge in [-0.15, -0.1) is 26.5 Å². The average molecular weight is 561 g/mol. The molecule has 0 aromatic heterocycles. The molecule has 0 heterocycles. The van der Waals surface area contributed by atoms with Gasteiger partial charge in [-0.2, -0.15) is 30.2 Å². The van der Waals surface area contributed by atoms with Crippen LogP contribution in [0.15, 0.2) is 48.6 Å². The van der Waals surface area contributed by atoms with Crippen molar-refractivity contribution in [2.75, 3.05) is 19.5 Å². The van der Waals surface area contributed by atoms with Gasteiger partial charge in [0.1, 0.15) is 0 Å². The third-order valence-corrected chi connectivity index (χ3v) is 2.99. The van der Waals surface area contributed by atoms with Crippen LogP contribution in [0.4, 0.5) is 0 Å². The summed E-state index contributed by atoms with van der Waals surface area (Å²) in [6.07, 6.45) is 13.5. The first-order chi connectivity index (χ1) is 7.79. The van der Waals surface area contributed by atoms with E-state index in [-0.39, 0.29) is 85.1 Å². The van der Waals surface area contributed by atoms with Crippen molar-refractivity contribution in [1.82, 2.24) is 0 Å². The second-order valence-corrected chi connectivity index (χ2v) is 6.40. The molecule has 1 aromatic rings. The smallest absolute Gasteiger partial charge is 1.00 e. The van der Waals surface area contributed by atoms with E-state index in [0.717, 1.165) is 6.42 Å². The Morgan fingerprint density at radius 1 is 1.10 bits per heavy atom. The second-order valence-electron chi connectivity index (χ2n) is 3.88. The standard InChI is InChI=1S/C10H14P.C5H5.3BrH.Zr/c1-11(2)9-8-10-6-4-3-5-7-10;1-2-4-5-3-1;;;;/h3-8H,9H2,1-2H3;1-3H,4H2;3*1H;/q2*-1;;;;+3/p-3. The van der Waals surface area contributed by atoms with Gasteiger partial charge in [0.15, 0.2) is 0 Å². The fourth-order valence-electron chi connectivity index (χ4n) is 1.22. The minimum absolute atomic E-state index is 0. The molecule has 20 heavy (non-hydrogen) atoms. The van der Waals surface area contributed by atoms with Crippen LogP contribution in [0.3, 0.4) is 0 Å². The van der Waals surface area contributed by atoms with Gasteiger partial charge in [-0.3, -0.25) is 6.08 Å². The first-order valence-corrected chi connectivity index (χ1v) is 7.96. The number of hydrogen-bond acceptors (Lipinski definition) is 0. The number of benzene rings is 1. The van der Waals surface area contributed by atoms with Gasteiger partial charge < -0.3 is 50.9 Å². The van der Waals surface area contributed by atoms with Gasteiger partial charge in [-0.05, 0) is 13.3 Å². The molecule has 0 saturated heterocycles. The number of halogens is 3. The molecule has 0 bridgehead atoms. The number of allylic oxidation sites excluding steroid dienone is 4. The molecule has 0 amide bonds.